The summed E-state index contributed by atoms with van der Waals surface area (Å²) in [4.78, 5) is 37.1. The van der Waals surface area contributed by atoms with Crippen molar-refractivity contribution in [2.45, 2.75) is 26.5 Å². The number of carbonyl (C=O) groups excluding carboxylic acids is 2. The highest BCUT2D eigenvalue weighted by atomic mass is 16.5. The molecule has 0 aliphatic rings. The van der Waals surface area contributed by atoms with Crippen LogP contribution in [0.15, 0.2) is 65.5 Å². The molecule has 31 heavy (non-hydrogen) atoms. The van der Waals surface area contributed by atoms with E-state index in [0.29, 0.717) is 17.1 Å². The average Bonchev–Trinajstić information content (AvgIpc) is 2.78. The van der Waals surface area contributed by atoms with Crippen molar-refractivity contribution in [2.24, 2.45) is 0 Å². The lowest BCUT2D eigenvalue weighted by atomic mass is 10.2. The third-order valence-corrected chi connectivity index (χ3v) is 4.58. The number of methoxy groups -OCH3 is 1. The first-order chi connectivity index (χ1) is 14.9. The van der Waals surface area contributed by atoms with Gasteiger partial charge in [-0.3, -0.25) is 9.59 Å². The number of hydrogen-bond acceptors (Lipinski definition) is 6. The maximum Gasteiger partial charge on any atom is 0.363 e. The van der Waals surface area contributed by atoms with Crippen molar-refractivity contribution >= 4 is 11.9 Å². The highest BCUT2D eigenvalue weighted by molar-refractivity contribution is 5.90. The predicted octanol–water partition coefficient (Wildman–Crippen LogP) is 2.41. The summed E-state index contributed by atoms with van der Waals surface area (Å²) in [7, 11) is 1.57. The SMILES string of the molecule is COc1ccc(CNC(=O)[C@H](C)OC(=O)c2nn(-c3ccccc3)c(C)cc2=O)cc1. The van der Waals surface area contributed by atoms with Crippen LogP contribution in [0.3, 0.4) is 0 Å². The van der Waals surface area contributed by atoms with Crippen LogP contribution in [0.25, 0.3) is 5.69 Å². The van der Waals surface area contributed by atoms with Crippen LogP contribution in [0.4, 0.5) is 0 Å². The summed E-state index contributed by atoms with van der Waals surface area (Å²) < 4.78 is 11.8. The molecule has 0 aliphatic heterocycles. The van der Waals surface area contributed by atoms with Gasteiger partial charge in [0.2, 0.25) is 11.1 Å². The average molecular weight is 421 g/mol. The number of amides is 1. The molecule has 1 N–H and O–H groups in total. The molecule has 0 saturated carbocycles. The van der Waals surface area contributed by atoms with Crippen molar-refractivity contribution < 1.29 is 19.1 Å². The van der Waals surface area contributed by atoms with Crippen molar-refractivity contribution in [3.63, 3.8) is 0 Å². The molecule has 8 heteroatoms. The summed E-state index contributed by atoms with van der Waals surface area (Å²) in [6, 6.07) is 17.6. The van der Waals surface area contributed by atoms with E-state index in [1.165, 1.54) is 17.7 Å². The summed E-state index contributed by atoms with van der Waals surface area (Å²) in [6.45, 7) is 3.41. The molecule has 1 heterocycles. The molecule has 0 saturated heterocycles. The Morgan fingerprint density at radius 3 is 2.42 bits per heavy atom. The Bertz CT molecular complexity index is 1120. The number of ether oxygens (including phenoxy) is 2. The van der Waals surface area contributed by atoms with Crippen LogP contribution in [-0.2, 0) is 16.1 Å². The maximum absolute atomic E-state index is 12.5. The molecular formula is C23H23N3O5. The van der Waals surface area contributed by atoms with E-state index in [0.717, 1.165) is 5.56 Å². The summed E-state index contributed by atoms with van der Waals surface area (Å²) >= 11 is 0. The van der Waals surface area contributed by atoms with Gasteiger partial charge >= 0.3 is 5.97 Å². The molecule has 0 unspecified atom stereocenters. The Balaban J connectivity index is 1.67. The minimum absolute atomic E-state index is 0.258. The Kier molecular flexibility index (Phi) is 6.81. The van der Waals surface area contributed by atoms with Gasteiger partial charge in [-0.2, -0.15) is 5.10 Å². The van der Waals surface area contributed by atoms with Gasteiger partial charge in [0.05, 0.1) is 12.8 Å². The van der Waals surface area contributed by atoms with Crippen LogP contribution in [0.2, 0.25) is 0 Å². The molecule has 0 aliphatic carbocycles. The van der Waals surface area contributed by atoms with Gasteiger partial charge < -0.3 is 14.8 Å². The van der Waals surface area contributed by atoms with E-state index < -0.39 is 23.4 Å². The number of benzene rings is 2. The second kappa shape index (κ2) is 9.71. The molecule has 3 aromatic rings. The Labute approximate surface area is 179 Å². The minimum Gasteiger partial charge on any atom is -0.497 e. The number of carbonyl (C=O) groups is 2. The highest BCUT2D eigenvalue weighted by Gasteiger charge is 2.23. The third kappa shape index (κ3) is 5.36. The Morgan fingerprint density at radius 2 is 1.77 bits per heavy atom. The fourth-order valence-corrected chi connectivity index (χ4v) is 2.87. The molecule has 0 radical (unpaired) electrons. The van der Waals surface area contributed by atoms with Gasteiger partial charge in [0, 0.05) is 18.3 Å². The van der Waals surface area contributed by atoms with Crippen LogP contribution in [-0.4, -0.2) is 34.9 Å². The number of aromatic nitrogens is 2. The van der Waals surface area contributed by atoms with Crippen LogP contribution >= 0.6 is 0 Å². The van der Waals surface area contributed by atoms with E-state index in [-0.39, 0.29) is 12.2 Å². The second-order valence-corrected chi connectivity index (χ2v) is 6.86. The van der Waals surface area contributed by atoms with Gasteiger partial charge in [-0.1, -0.05) is 30.3 Å². The Hall–Kier alpha value is -3.94. The van der Waals surface area contributed by atoms with Gasteiger partial charge in [0.15, 0.2) is 6.10 Å². The van der Waals surface area contributed by atoms with E-state index in [1.807, 2.05) is 30.3 Å². The predicted molar refractivity (Wildman–Crippen MR) is 114 cm³/mol. The number of nitrogens with zero attached hydrogens (tertiary/aromatic N) is 2. The summed E-state index contributed by atoms with van der Waals surface area (Å²) in [5, 5.41) is 6.84. The maximum atomic E-state index is 12.5. The highest BCUT2D eigenvalue weighted by Crippen LogP contribution is 2.11. The number of para-hydroxylation sites is 1. The molecule has 8 nitrogen and oxygen atoms in total. The lowest BCUT2D eigenvalue weighted by molar-refractivity contribution is -0.129. The number of aryl methyl sites for hydroxylation is 1. The lowest BCUT2D eigenvalue weighted by Crippen LogP contribution is -2.36. The van der Waals surface area contributed by atoms with Gasteiger partial charge in [-0.25, -0.2) is 9.48 Å². The van der Waals surface area contributed by atoms with Crippen LogP contribution in [0, 0.1) is 6.92 Å². The monoisotopic (exact) mass is 421 g/mol. The zero-order valence-corrected chi connectivity index (χ0v) is 17.5. The minimum atomic E-state index is -1.10. The first-order valence-electron chi connectivity index (χ1n) is 9.67. The Morgan fingerprint density at radius 1 is 1.10 bits per heavy atom. The molecule has 2 aromatic carbocycles. The van der Waals surface area contributed by atoms with Gasteiger partial charge in [0.25, 0.3) is 5.91 Å². The van der Waals surface area contributed by atoms with E-state index >= 15 is 0 Å². The molecule has 1 aromatic heterocycles. The van der Waals surface area contributed by atoms with E-state index in [4.69, 9.17) is 9.47 Å². The zero-order chi connectivity index (χ0) is 22.4. The molecule has 1 amide bonds. The quantitative estimate of drug-likeness (QED) is 0.588. The standard InChI is InChI=1S/C23H23N3O5/c1-15-13-20(27)21(25-26(15)18-7-5-4-6-8-18)23(29)31-16(2)22(28)24-14-17-9-11-19(30-3)12-10-17/h4-13,16H,14H2,1-3H3,(H,24,28)/t16-/m0/s1. The normalized spacial score (nSPS) is 11.5. The summed E-state index contributed by atoms with van der Waals surface area (Å²) in [5.74, 6) is -0.731. The molecule has 160 valence electrons. The number of rotatable bonds is 7. The van der Waals surface area contributed by atoms with Crippen LogP contribution in [0.5, 0.6) is 5.75 Å². The summed E-state index contributed by atoms with van der Waals surface area (Å²) in [5.41, 5.74) is 1.17. The van der Waals surface area contributed by atoms with Gasteiger partial charge in [-0.05, 0) is 43.7 Å². The number of nitrogens with one attached hydrogen (secondary N) is 1. The van der Waals surface area contributed by atoms with Gasteiger partial charge in [-0.15, -0.1) is 0 Å². The first-order valence-corrected chi connectivity index (χ1v) is 9.67. The fraction of sp³-hybridized carbons (Fsp3) is 0.217. The van der Waals surface area contributed by atoms with Crippen LogP contribution in [0.1, 0.15) is 28.7 Å². The fourth-order valence-electron chi connectivity index (χ4n) is 2.87. The molecule has 1 atom stereocenters. The van der Waals surface area contributed by atoms with Crippen LogP contribution < -0.4 is 15.5 Å². The van der Waals surface area contributed by atoms with Crippen molar-refractivity contribution in [1.82, 2.24) is 15.1 Å². The molecule has 0 fully saturated rings. The van der Waals surface area contributed by atoms with Crippen molar-refractivity contribution in [3.8, 4) is 11.4 Å². The van der Waals surface area contributed by atoms with Crippen molar-refractivity contribution in [3.05, 3.63) is 87.8 Å². The largest absolute Gasteiger partial charge is 0.497 e. The van der Waals surface area contributed by atoms with E-state index in [1.54, 1.807) is 38.3 Å². The molecule has 0 bridgehead atoms. The topological polar surface area (TPSA) is 99.5 Å². The second-order valence-electron chi connectivity index (χ2n) is 6.86. The number of hydrogen-bond donors (Lipinski definition) is 1. The third-order valence-electron chi connectivity index (χ3n) is 4.58. The van der Waals surface area contributed by atoms with E-state index in [9.17, 15) is 14.4 Å². The smallest absolute Gasteiger partial charge is 0.363 e. The van der Waals surface area contributed by atoms with Crippen molar-refractivity contribution in [1.29, 1.82) is 0 Å². The van der Waals surface area contributed by atoms with Gasteiger partial charge in [0.1, 0.15) is 5.75 Å². The number of esters is 1. The molecule has 0 spiro atoms. The molecule has 3 rings (SSSR count). The summed E-state index contributed by atoms with van der Waals surface area (Å²) in [6.07, 6.45) is -1.10. The molecular weight excluding hydrogens is 398 g/mol. The zero-order valence-electron chi connectivity index (χ0n) is 17.5. The lowest BCUT2D eigenvalue weighted by Gasteiger charge is -2.14. The van der Waals surface area contributed by atoms with Crippen molar-refractivity contribution in [2.75, 3.05) is 7.11 Å². The van der Waals surface area contributed by atoms with E-state index in [2.05, 4.69) is 10.4 Å². The first kappa shape index (κ1) is 21.8.